The fourth-order valence-corrected chi connectivity index (χ4v) is 3.90. The zero-order valence-corrected chi connectivity index (χ0v) is 19.9. The molecule has 0 heterocycles. The molecule has 2 atom stereocenters. The number of hydrogen-bond acceptors (Lipinski definition) is 3. The van der Waals surface area contributed by atoms with E-state index in [0.717, 1.165) is 51.6 Å². The van der Waals surface area contributed by atoms with Crippen LogP contribution in [0.25, 0.3) is 0 Å². The van der Waals surface area contributed by atoms with Crippen LogP contribution < -0.4 is 5.73 Å². The summed E-state index contributed by atoms with van der Waals surface area (Å²) in [5.74, 6) is 2.73. The number of nitrogens with two attached hydrogens (primary N) is 1. The van der Waals surface area contributed by atoms with Crippen LogP contribution in [0.2, 0.25) is 0 Å². The van der Waals surface area contributed by atoms with Crippen molar-refractivity contribution >= 4 is 5.91 Å². The maximum Gasteiger partial charge on any atom is 0.237 e. The quantitative estimate of drug-likeness (QED) is 0.222. The molecule has 0 fully saturated rings. The van der Waals surface area contributed by atoms with Crippen LogP contribution in [0.1, 0.15) is 92.9 Å². The normalized spacial score (nSPS) is 13.7. The summed E-state index contributed by atoms with van der Waals surface area (Å²) in [5.41, 5.74) is 5.40. The molecular weight excluding hydrogens is 365 g/mol. The maximum absolute atomic E-state index is 13.5. The Balaban J connectivity index is 4.64. The number of alkyl halides is 1. The number of unbranched alkanes of at least 4 members (excludes halogenated alkanes) is 4. The molecule has 0 saturated carbocycles. The van der Waals surface area contributed by atoms with Gasteiger partial charge in [-0.05, 0) is 53.5 Å². The van der Waals surface area contributed by atoms with E-state index in [0.29, 0.717) is 13.1 Å². The molecule has 0 bridgehead atoms. The minimum Gasteiger partial charge on any atom is -0.359 e. The van der Waals surface area contributed by atoms with Gasteiger partial charge in [-0.3, -0.25) is 9.69 Å². The third-order valence-electron chi connectivity index (χ3n) is 5.77. The Morgan fingerprint density at radius 2 is 1.76 bits per heavy atom. The van der Waals surface area contributed by atoms with Crippen LogP contribution in [0.4, 0.5) is 4.39 Å². The molecule has 29 heavy (non-hydrogen) atoms. The molecule has 1 amide bonds. The number of amides is 1. The molecule has 0 aromatic rings. The molecule has 2 unspecified atom stereocenters. The topological polar surface area (TPSA) is 49.6 Å². The highest BCUT2D eigenvalue weighted by atomic mass is 19.1. The van der Waals surface area contributed by atoms with Crippen molar-refractivity contribution < 1.29 is 9.18 Å². The van der Waals surface area contributed by atoms with Crippen molar-refractivity contribution in [1.82, 2.24) is 9.80 Å². The second kappa shape index (κ2) is 15.5. The third-order valence-corrected chi connectivity index (χ3v) is 5.77. The van der Waals surface area contributed by atoms with Gasteiger partial charge in [0.15, 0.2) is 0 Å². The summed E-state index contributed by atoms with van der Waals surface area (Å²) in [6, 6.07) is 2.46. The first-order valence-corrected chi connectivity index (χ1v) is 11.6. The van der Waals surface area contributed by atoms with Gasteiger partial charge in [0.2, 0.25) is 5.91 Å². The Labute approximate surface area is 179 Å². The lowest BCUT2D eigenvalue weighted by Gasteiger charge is -2.38. The SMILES string of the molecule is CCCCCCN(CC)C(=O)C(C#CN)CCCCC(C)(C)N(CC)CC(C)F. The standard InChI is InChI=1S/C24H46FN3O/c1-7-10-11-14-19-27(8-2)23(29)22(16-18-26)15-12-13-17-24(5,6)28(9-3)20-21(4)25/h21-22H,7-15,17,19-20,26H2,1-6H3. The van der Waals surface area contributed by atoms with Crippen LogP contribution in [-0.4, -0.2) is 53.6 Å². The van der Waals surface area contributed by atoms with Gasteiger partial charge in [-0.1, -0.05) is 51.9 Å². The maximum atomic E-state index is 13.5. The third kappa shape index (κ3) is 11.5. The average molecular weight is 412 g/mol. The van der Waals surface area contributed by atoms with E-state index < -0.39 is 6.17 Å². The second-order valence-electron chi connectivity index (χ2n) is 8.70. The van der Waals surface area contributed by atoms with Crippen LogP contribution in [0.3, 0.4) is 0 Å². The zero-order chi connectivity index (χ0) is 22.3. The summed E-state index contributed by atoms with van der Waals surface area (Å²) in [5, 5.41) is 0. The Bertz CT molecular complexity index is 496. The van der Waals surface area contributed by atoms with E-state index in [-0.39, 0.29) is 17.4 Å². The van der Waals surface area contributed by atoms with Crippen LogP contribution >= 0.6 is 0 Å². The molecule has 0 aliphatic rings. The first-order valence-electron chi connectivity index (χ1n) is 11.6. The van der Waals surface area contributed by atoms with Gasteiger partial charge in [0.05, 0.1) is 0 Å². The predicted molar refractivity (Wildman–Crippen MR) is 122 cm³/mol. The van der Waals surface area contributed by atoms with Gasteiger partial charge < -0.3 is 10.6 Å². The first kappa shape index (κ1) is 27.7. The molecule has 0 spiro atoms. The minimum atomic E-state index is -0.826. The second-order valence-corrected chi connectivity index (χ2v) is 8.70. The number of carbonyl (C=O) groups excluding carboxylic acids is 1. The van der Waals surface area contributed by atoms with Crippen molar-refractivity contribution in [2.45, 2.75) is 105 Å². The van der Waals surface area contributed by atoms with Crippen molar-refractivity contribution in [2.75, 3.05) is 26.2 Å². The summed E-state index contributed by atoms with van der Waals surface area (Å²) in [7, 11) is 0. The highest BCUT2D eigenvalue weighted by Gasteiger charge is 2.27. The van der Waals surface area contributed by atoms with Gasteiger partial charge in [-0.25, -0.2) is 4.39 Å². The predicted octanol–water partition coefficient (Wildman–Crippen LogP) is 4.97. The number of nitrogens with zero attached hydrogens (tertiary/aromatic N) is 2. The van der Waals surface area contributed by atoms with Crippen molar-refractivity contribution in [3.05, 3.63) is 0 Å². The molecule has 0 aromatic carbocycles. The number of rotatable bonds is 16. The van der Waals surface area contributed by atoms with Gasteiger partial charge in [-0.2, -0.15) is 0 Å². The molecule has 0 aromatic heterocycles. The first-order chi connectivity index (χ1) is 13.7. The van der Waals surface area contributed by atoms with E-state index >= 15 is 0 Å². The molecule has 0 aliphatic heterocycles. The van der Waals surface area contributed by atoms with E-state index in [9.17, 15) is 9.18 Å². The summed E-state index contributed by atoms with van der Waals surface area (Å²) in [6.07, 6.45) is 7.40. The number of halogens is 1. The van der Waals surface area contributed by atoms with Crippen LogP contribution in [0, 0.1) is 17.9 Å². The fourth-order valence-electron chi connectivity index (χ4n) is 3.90. The highest BCUT2D eigenvalue weighted by Crippen LogP contribution is 2.24. The summed E-state index contributed by atoms with van der Waals surface area (Å²) >= 11 is 0. The molecule has 0 aliphatic carbocycles. The fraction of sp³-hybridized carbons (Fsp3) is 0.875. The van der Waals surface area contributed by atoms with E-state index in [1.165, 1.54) is 12.8 Å². The lowest BCUT2D eigenvalue weighted by molar-refractivity contribution is -0.133. The van der Waals surface area contributed by atoms with Crippen LogP contribution in [0.5, 0.6) is 0 Å². The van der Waals surface area contributed by atoms with Gasteiger partial charge >= 0.3 is 0 Å². The minimum absolute atomic E-state index is 0.0527. The summed E-state index contributed by atoms with van der Waals surface area (Å²) in [6.45, 7) is 15.1. The lowest BCUT2D eigenvalue weighted by atomic mass is 9.92. The number of carbonyl (C=O) groups is 1. The van der Waals surface area contributed by atoms with Crippen molar-refractivity contribution in [3.63, 3.8) is 0 Å². The summed E-state index contributed by atoms with van der Waals surface area (Å²) < 4.78 is 13.5. The summed E-state index contributed by atoms with van der Waals surface area (Å²) in [4.78, 5) is 17.0. The average Bonchev–Trinajstić information content (AvgIpc) is 2.67. The van der Waals surface area contributed by atoms with Gasteiger partial charge in [0, 0.05) is 31.2 Å². The van der Waals surface area contributed by atoms with Crippen molar-refractivity contribution in [3.8, 4) is 12.0 Å². The van der Waals surface area contributed by atoms with Gasteiger partial charge in [-0.15, -0.1) is 0 Å². The molecule has 0 radical (unpaired) electrons. The van der Waals surface area contributed by atoms with Gasteiger partial charge in [0.1, 0.15) is 12.1 Å². The molecule has 0 saturated heterocycles. The van der Waals surface area contributed by atoms with E-state index in [1.807, 2.05) is 11.8 Å². The number of hydrogen-bond donors (Lipinski definition) is 1. The lowest BCUT2D eigenvalue weighted by Crippen LogP contribution is -2.46. The smallest absolute Gasteiger partial charge is 0.237 e. The van der Waals surface area contributed by atoms with E-state index in [2.05, 4.69) is 44.6 Å². The van der Waals surface area contributed by atoms with E-state index in [4.69, 9.17) is 5.73 Å². The molecular formula is C24H46FN3O. The molecule has 2 N–H and O–H groups in total. The zero-order valence-electron chi connectivity index (χ0n) is 19.9. The van der Waals surface area contributed by atoms with Crippen LogP contribution in [-0.2, 0) is 4.79 Å². The highest BCUT2D eigenvalue weighted by molar-refractivity contribution is 5.81. The molecule has 5 heteroatoms. The molecule has 0 rings (SSSR count). The molecule has 170 valence electrons. The Hall–Kier alpha value is -1.28. The van der Waals surface area contributed by atoms with Crippen LogP contribution in [0.15, 0.2) is 0 Å². The van der Waals surface area contributed by atoms with Crippen molar-refractivity contribution in [2.24, 2.45) is 11.7 Å². The molecule has 4 nitrogen and oxygen atoms in total. The Morgan fingerprint density at radius 1 is 1.07 bits per heavy atom. The Morgan fingerprint density at radius 3 is 2.28 bits per heavy atom. The van der Waals surface area contributed by atoms with Gasteiger partial charge in [0.25, 0.3) is 0 Å². The van der Waals surface area contributed by atoms with Crippen molar-refractivity contribution in [1.29, 1.82) is 0 Å². The Kier molecular flexibility index (Phi) is 14.9. The van der Waals surface area contributed by atoms with E-state index in [1.54, 1.807) is 6.92 Å². The largest absolute Gasteiger partial charge is 0.359 e. The monoisotopic (exact) mass is 411 g/mol.